The van der Waals surface area contributed by atoms with Crippen LogP contribution >= 0.6 is 0 Å². The average Bonchev–Trinajstić information content (AvgIpc) is 3.15. The highest BCUT2D eigenvalue weighted by Crippen LogP contribution is 2.26. The highest BCUT2D eigenvalue weighted by Gasteiger charge is 2.16. The summed E-state index contributed by atoms with van der Waals surface area (Å²) in [5.74, 6) is -0.903. The smallest absolute Gasteiger partial charge is 0.342 e. The molecule has 27 heavy (non-hydrogen) atoms. The molecule has 3 aromatic carbocycles. The van der Waals surface area contributed by atoms with E-state index in [2.05, 4.69) is 10.1 Å². The van der Waals surface area contributed by atoms with E-state index in [0.717, 1.165) is 10.8 Å². The van der Waals surface area contributed by atoms with Gasteiger partial charge >= 0.3 is 5.97 Å². The Balaban J connectivity index is 1.48. The van der Waals surface area contributed by atoms with E-state index in [1.165, 1.54) is 30.3 Å². The minimum absolute atomic E-state index is 0.0481. The van der Waals surface area contributed by atoms with Gasteiger partial charge in [0.2, 0.25) is 5.82 Å². The number of phenols is 1. The SMILES string of the molecule is O=C(OCc1nc(-c2ccc(F)cc2)no1)c1cc2ccccc2cc1O. The number of aromatic nitrogens is 2. The quantitative estimate of drug-likeness (QED) is 0.549. The minimum atomic E-state index is -0.709. The van der Waals surface area contributed by atoms with Crippen LogP contribution in [0, 0.1) is 5.82 Å². The van der Waals surface area contributed by atoms with Crippen LogP contribution in [0.15, 0.2) is 65.2 Å². The predicted molar refractivity (Wildman–Crippen MR) is 94.4 cm³/mol. The molecule has 134 valence electrons. The minimum Gasteiger partial charge on any atom is -0.507 e. The Morgan fingerprint density at radius 3 is 2.52 bits per heavy atom. The normalized spacial score (nSPS) is 10.9. The summed E-state index contributed by atoms with van der Waals surface area (Å²) in [4.78, 5) is 16.4. The zero-order valence-electron chi connectivity index (χ0n) is 13.9. The lowest BCUT2D eigenvalue weighted by molar-refractivity contribution is 0.0427. The lowest BCUT2D eigenvalue weighted by Gasteiger charge is -2.06. The highest BCUT2D eigenvalue weighted by molar-refractivity contribution is 5.98. The monoisotopic (exact) mass is 364 g/mol. The molecule has 0 unspecified atom stereocenters. The summed E-state index contributed by atoms with van der Waals surface area (Å²) in [6, 6.07) is 16.0. The van der Waals surface area contributed by atoms with Crippen molar-refractivity contribution >= 4 is 16.7 Å². The van der Waals surface area contributed by atoms with Crippen molar-refractivity contribution < 1.29 is 23.6 Å². The van der Waals surface area contributed by atoms with Gasteiger partial charge < -0.3 is 14.4 Å². The molecule has 6 nitrogen and oxygen atoms in total. The van der Waals surface area contributed by atoms with E-state index in [4.69, 9.17) is 9.26 Å². The first-order valence-corrected chi connectivity index (χ1v) is 8.07. The fraction of sp³-hybridized carbons (Fsp3) is 0.0500. The van der Waals surface area contributed by atoms with Crippen molar-refractivity contribution in [3.05, 3.63) is 77.9 Å². The number of carbonyl (C=O) groups is 1. The third-order valence-corrected chi connectivity index (χ3v) is 3.98. The van der Waals surface area contributed by atoms with Crippen LogP contribution < -0.4 is 0 Å². The Morgan fingerprint density at radius 1 is 1.07 bits per heavy atom. The molecule has 0 saturated heterocycles. The molecule has 0 aliphatic rings. The molecule has 0 aliphatic heterocycles. The van der Waals surface area contributed by atoms with Gasteiger partial charge in [0.1, 0.15) is 17.1 Å². The van der Waals surface area contributed by atoms with Crippen LogP contribution in [0.25, 0.3) is 22.2 Å². The second-order valence-electron chi connectivity index (χ2n) is 5.81. The van der Waals surface area contributed by atoms with Crippen molar-refractivity contribution in [1.82, 2.24) is 10.1 Å². The molecule has 0 saturated carbocycles. The Bertz CT molecular complexity index is 1120. The number of halogens is 1. The number of carbonyl (C=O) groups excluding carboxylic acids is 1. The number of esters is 1. The Labute approximate surface area is 152 Å². The molecule has 1 aromatic heterocycles. The van der Waals surface area contributed by atoms with E-state index in [9.17, 15) is 14.3 Å². The summed E-state index contributed by atoms with van der Waals surface area (Å²) in [5.41, 5.74) is 0.622. The van der Waals surface area contributed by atoms with E-state index in [-0.39, 0.29) is 35.5 Å². The first kappa shape index (κ1) is 16.7. The summed E-state index contributed by atoms with van der Waals surface area (Å²) in [6.45, 7) is -0.251. The Kier molecular flexibility index (Phi) is 4.25. The summed E-state index contributed by atoms with van der Waals surface area (Å²) >= 11 is 0. The van der Waals surface area contributed by atoms with Crippen molar-refractivity contribution in [1.29, 1.82) is 0 Å². The third kappa shape index (κ3) is 3.48. The van der Waals surface area contributed by atoms with Crippen molar-refractivity contribution in [3.8, 4) is 17.1 Å². The molecule has 0 spiro atoms. The number of ether oxygens (including phenoxy) is 1. The number of aromatic hydroxyl groups is 1. The summed E-state index contributed by atoms with van der Waals surface area (Å²) in [7, 11) is 0. The summed E-state index contributed by atoms with van der Waals surface area (Å²) < 4.78 is 23.2. The first-order chi connectivity index (χ1) is 13.1. The van der Waals surface area contributed by atoms with Crippen molar-refractivity contribution in [3.63, 3.8) is 0 Å². The predicted octanol–water partition coefficient (Wildman–Crippen LogP) is 4.09. The van der Waals surface area contributed by atoms with E-state index in [1.54, 1.807) is 6.07 Å². The molecule has 4 aromatic rings. The lowest BCUT2D eigenvalue weighted by Crippen LogP contribution is -2.06. The molecule has 1 heterocycles. The largest absolute Gasteiger partial charge is 0.507 e. The van der Waals surface area contributed by atoms with Crippen molar-refractivity contribution in [2.24, 2.45) is 0 Å². The highest BCUT2D eigenvalue weighted by atomic mass is 19.1. The van der Waals surface area contributed by atoms with Gasteiger partial charge in [0.15, 0.2) is 6.61 Å². The van der Waals surface area contributed by atoms with Crippen molar-refractivity contribution in [2.45, 2.75) is 6.61 Å². The van der Waals surface area contributed by atoms with Gasteiger partial charge in [-0.1, -0.05) is 29.4 Å². The van der Waals surface area contributed by atoms with E-state index in [0.29, 0.717) is 5.56 Å². The van der Waals surface area contributed by atoms with Crippen LogP contribution in [0.2, 0.25) is 0 Å². The van der Waals surface area contributed by atoms with Gasteiger partial charge in [-0.3, -0.25) is 0 Å². The molecule has 0 fully saturated rings. The molecular weight excluding hydrogens is 351 g/mol. The molecule has 0 bridgehead atoms. The van der Waals surface area contributed by atoms with Gasteiger partial charge in [-0.05, 0) is 47.2 Å². The van der Waals surface area contributed by atoms with E-state index in [1.807, 2.05) is 24.3 Å². The maximum Gasteiger partial charge on any atom is 0.342 e. The van der Waals surface area contributed by atoms with Crippen LogP contribution in [0.1, 0.15) is 16.2 Å². The van der Waals surface area contributed by atoms with E-state index < -0.39 is 5.97 Å². The molecule has 0 aliphatic carbocycles. The van der Waals surface area contributed by atoms with Gasteiger partial charge in [-0.2, -0.15) is 4.98 Å². The van der Waals surface area contributed by atoms with Gasteiger partial charge in [-0.25, -0.2) is 9.18 Å². The summed E-state index contributed by atoms with van der Waals surface area (Å²) in [6.07, 6.45) is 0. The van der Waals surface area contributed by atoms with Crippen LogP contribution in [0.4, 0.5) is 4.39 Å². The molecule has 1 N–H and O–H groups in total. The molecule has 0 radical (unpaired) electrons. The van der Waals surface area contributed by atoms with E-state index >= 15 is 0 Å². The molecular formula is C20H13FN2O4. The number of fused-ring (bicyclic) bond motifs is 1. The number of hydrogen-bond donors (Lipinski definition) is 1. The second kappa shape index (κ2) is 6.87. The number of phenolic OH excluding ortho intramolecular Hbond substituents is 1. The molecule has 7 heteroatoms. The van der Waals surface area contributed by atoms with Crippen LogP contribution in [-0.4, -0.2) is 21.2 Å². The number of rotatable bonds is 4. The van der Waals surface area contributed by atoms with Gasteiger partial charge in [0, 0.05) is 5.56 Å². The zero-order chi connectivity index (χ0) is 18.8. The number of hydrogen-bond acceptors (Lipinski definition) is 6. The van der Waals surface area contributed by atoms with Gasteiger partial charge in [0.05, 0.1) is 0 Å². The van der Waals surface area contributed by atoms with Gasteiger partial charge in [0.25, 0.3) is 5.89 Å². The second-order valence-corrected chi connectivity index (χ2v) is 5.81. The maximum atomic E-state index is 13.0. The molecule has 0 amide bonds. The van der Waals surface area contributed by atoms with Gasteiger partial charge in [-0.15, -0.1) is 0 Å². The van der Waals surface area contributed by atoms with Crippen molar-refractivity contribution in [2.75, 3.05) is 0 Å². The number of nitrogens with zero attached hydrogens (tertiary/aromatic N) is 2. The fourth-order valence-corrected chi connectivity index (χ4v) is 2.63. The Hall–Kier alpha value is -3.74. The maximum absolute atomic E-state index is 13.0. The topological polar surface area (TPSA) is 85.5 Å². The van der Waals surface area contributed by atoms with Crippen LogP contribution in [-0.2, 0) is 11.3 Å². The average molecular weight is 364 g/mol. The molecule has 4 rings (SSSR count). The Morgan fingerprint density at radius 2 is 1.78 bits per heavy atom. The number of benzene rings is 3. The standard InChI is InChI=1S/C20H13FN2O4/c21-15-7-5-12(6-8-15)19-22-18(27-23-19)11-26-20(25)16-9-13-3-1-2-4-14(13)10-17(16)24/h1-10,24H,11H2. The first-order valence-electron chi connectivity index (χ1n) is 8.07. The fourth-order valence-electron chi connectivity index (χ4n) is 2.63. The van der Waals surface area contributed by atoms with Crippen LogP contribution in [0.3, 0.4) is 0 Å². The summed E-state index contributed by atoms with van der Waals surface area (Å²) in [5, 5.41) is 15.5. The zero-order valence-corrected chi connectivity index (χ0v) is 13.9. The third-order valence-electron chi connectivity index (χ3n) is 3.98. The molecule has 0 atom stereocenters. The lowest BCUT2D eigenvalue weighted by atomic mass is 10.1. The van der Waals surface area contributed by atoms with Crippen LogP contribution in [0.5, 0.6) is 5.75 Å².